The van der Waals surface area contributed by atoms with Crippen LogP contribution in [0, 0.1) is 6.92 Å². The van der Waals surface area contributed by atoms with E-state index in [-0.39, 0.29) is 18.6 Å². The summed E-state index contributed by atoms with van der Waals surface area (Å²) >= 11 is 0. The third kappa shape index (κ3) is 4.79. The molecule has 1 aromatic carbocycles. The highest BCUT2D eigenvalue weighted by Gasteiger charge is 2.20. The molecule has 8 nitrogen and oxygen atoms in total. The fourth-order valence-corrected chi connectivity index (χ4v) is 2.66. The number of ether oxygens (including phenoxy) is 1. The normalized spacial score (nSPS) is 14.3. The molecule has 1 saturated carbocycles. The Morgan fingerprint density at radius 3 is 2.56 bits per heavy atom. The second-order valence-electron chi connectivity index (χ2n) is 5.91. The van der Waals surface area contributed by atoms with Gasteiger partial charge in [0.25, 0.3) is 0 Å². The van der Waals surface area contributed by atoms with Crippen LogP contribution >= 0.6 is 0 Å². The van der Waals surface area contributed by atoms with E-state index in [4.69, 9.17) is 9.15 Å². The van der Waals surface area contributed by atoms with Crippen molar-refractivity contribution < 1.29 is 18.7 Å². The first kappa shape index (κ1) is 16.9. The number of amides is 2. The molecule has 1 heterocycles. The van der Waals surface area contributed by atoms with Gasteiger partial charge in [-0.25, -0.2) is 9.59 Å². The molecule has 0 unspecified atom stereocenters. The zero-order valence-corrected chi connectivity index (χ0v) is 13.9. The van der Waals surface area contributed by atoms with Crippen LogP contribution < -0.4 is 10.6 Å². The molecular formula is C17H20N4O4. The smallest absolute Gasteiger partial charge is 0.338 e. The van der Waals surface area contributed by atoms with Crippen LogP contribution in [0.5, 0.6) is 0 Å². The summed E-state index contributed by atoms with van der Waals surface area (Å²) in [6.45, 7) is 1.81. The van der Waals surface area contributed by atoms with Crippen molar-refractivity contribution in [1.82, 2.24) is 15.5 Å². The van der Waals surface area contributed by atoms with E-state index in [0.717, 1.165) is 25.7 Å². The van der Waals surface area contributed by atoms with E-state index in [1.54, 1.807) is 31.2 Å². The fraction of sp³-hybridized carbons (Fsp3) is 0.412. The summed E-state index contributed by atoms with van der Waals surface area (Å²) in [5.74, 6) is 0.449. The van der Waals surface area contributed by atoms with E-state index < -0.39 is 6.03 Å². The highest BCUT2D eigenvalue weighted by atomic mass is 16.5. The minimum atomic E-state index is -0.405. The van der Waals surface area contributed by atoms with E-state index in [2.05, 4.69) is 20.8 Å². The molecule has 0 saturated heterocycles. The number of hydrogen-bond donors (Lipinski definition) is 2. The first-order chi connectivity index (χ1) is 12.1. The first-order valence-corrected chi connectivity index (χ1v) is 8.25. The Kier molecular flexibility index (Phi) is 5.27. The van der Waals surface area contributed by atoms with E-state index in [0.29, 0.717) is 23.0 Å². The molecule has 1 aliphatic carbocycles. The van der Waals surface area contributed by atoms with Crippen molar-refractivity contribution in [3.05, 3.63) is 41.6 Å². The summed E-state index contributed by atoms with van der Waals surface area (Å²) in [6.07, 6.45) is 4.12. The van der Waals surface area contributed by atoms with Gasteiger partial charge in [-0.1, -0.05) is 0 Å². The summed E-state index contributed by atoms with van der Waals surface area (Å²) in [4.78, 5) is 23.9. The number of nitrogens with zero attached hydrogens (tertiary/aromatic N) is 2. The molecule has 1 fully saturated rings. The Morgan fingerprint density at radius 1 is 1.20 bits per heavy atom. The minimum absolute atomic E-state index is 0.0319. The van der Waals surface area contributed by atoms with Crippen molar-refractivity contribution in [3.63, 3.8) is 0 Å². The second kappa shape index (κ2) is 7.78. The highest BCUT2D eigenvalue weighted by Crippen LogP contribution is 2.22. The Hall–Kier alpha value is -2.90. The third-order valence-corrected chi connectivity index (χ3v) is 3.92. The van der Waals surface area contributed by atoms with Crippen molar-refractivity contribution in [2.75, 3.05) is 5.32 Å². The maximum absolute atomic E-state index is 12.1. The summed E-state index contributed by atoms with van der Waals surface area (Å²) in [5, 5.41) is 12.7. The van der Waals surface area contributed by atoms with Crippen LogP contribution in [0.3, 0.4) is 0 Å². The quantitative estimate of drug-likeness (QED) is 0.808. The maximum atomic E-state index is 12.1. The maximum Gasteiger partial charge on any atom is 0.338 e. The predicted molar refractivity (Wildman–Crippen MR) is 89.0 cm³/mol. The molecule has 8 heteroatoms. The largest absolute Gasteiger partial charge is 0.459 e. The monoisotopic (exact) mass is 344 g/mol. The van der Waals surface area contributed by atoms with E-state index in [9.17, 15) is 9.59 Å². The van der Waals surface area contributed by atoms with Gasteiger partial charge < -0.3 is 19.8 Å². The Labute approximate surface area is 145 Å². The number of esters is 1. The van der Waals surface area contributed by atoms with E-state index in [1.807, 2.05) is 0 Å². The number of aromatic nitrogens is 2. The zero-order valence-electron chi connectivity index (χ0n) is 13.9. The summed E-state index contributed by atoms with van der Waals surface area (Å²) in [7, 11) is 0. The first-order valence-electron chi connectivity index (χ1n) is 8.25. The van der Waals surface area contributed by atoms with Crippen molar-refractivity contribution in [1.29, 1.82) is 0 Å². The average Bonchev–Trinajstić information content (AvgIpc) is 3.25. The number of hydrogen-bond acceptors (Lipinski definition) is 6. The van der Waals surface area contributed by atoms with Gasteiger partial charge in [-0.2, -0.15) is 0 Å². The lowest BCUT2D eigenvalue weighted by Crippen LogP contribution is -2.28. The molecule has 1 aliphatic rings. The summed E-state index contributed by atoms with van der Waals surface area (Å²) in [5.41, 5.74) is 1.04. The van der Waals surface area contributed by atoms with Gasteiger partial charge in [-0.3, -0.25) is 0 Å². The fourth-order valence-electron chi connectivity index (χ4n) is 2.66. The molecule has 0 radical (unpaired) electrons. The Bertz CT molecular complexity index is 735. The number of carbonyl (C=O) groups excluding carboxylic acids is 2. The van der Waals surface area contributed by atoms with Crippen LogP contribution in [0.4, 0.5) is 10.5 Å². The molecular weight excluding hydrogens is 324 g/mol. The van der Waals surface area contributed by atoms with Crippen molar-refractivity contribution in [3.8, 4) is 0 Å². The van der Waals surface area contributed by atoms with Gasteiger partial charge in [0.1, 0.15) is 6.10 Å². The molecule has 0 aliphatic heterocycles. The van der Waals surface area contributed by atoms with Crippen LogP contribution in [-0.2, 0) is 11.3 Å². The molecule has 0 atom stereocenters. The number of nitrogens with one attached hydrogen (secondary N) is 2. The Morgan fingerprint density at radius 2 is 1.92 bits per heavy atom. The van der Waals surface area contributed by atoms with Gasteiger partial charge in [-0.15, -0.1) is 10.2 Å². The molecule has 0 spiro atoms. The molecule has 1 aromatic heterocycles. The Balaban J connectivity index is 1.47. The number of benzene rings is 1. The van der Waals surface area contributed by atoms with Crippen molar-refractivity contribution in [2.24, 2.45) is 0 Å². The van der Waals surface area contributed by atoms with Crippen LogP contribution in [0.2, 0.25) is 0 Å². The van der Waals surface area contributed by atoms with Gasteiger partial charge in [-0.05, 0) is 49.9 Å². The standard InChI is InChI=1S/C17H20N4O4/c1-11-20-21-15(24-11)10-18-17(23)19-13-8-6-12(7-9-13)16(22)25-14-4-2-3-5-14/h6-9,14H,2-5,10H2,1H3,(H2,18,19,23). The lowest BCUT2D eigenvalue weighted by Gasteiger charge is -2.11. The van der Waals surface area contributed by atoms with Crippen LogP contribution in [0.1, 0.15) is 47.8 Å². The lowest BCUT2D eigenvalue weighted by atomic mass is 10.2. The molecule has 2 aromatic rings. The molecule has 2 amide bonds. The zero-order chi connectivity index (χ0) is 17.6. The molecule has 25 heavy (non-hydrogen) atoms. The SMILES string of the molecule is Cc1nnc(CNC(=O)Nc2ccc(C(=O)OC3CCCC3)cc2)o1. The minimum Gasteiger partial charge on any atom is -0.459 e. The predicted octanol–water partition coefficient (Wildman–Crippen LogP) is 2.80. The number of urea groups is 1. The van der Waals surface area contributed by atoms with Crippen LogP contribution in [0.25, 0.3) is 0 Å². The van der Waals surface area contributed by atoms with E-state index in [1.165, 1.54) is 0 Å². The summed E-state index contributed by atoms with van der Waals surface area (Å²) in [6, 6.07) is 6.17. The number of aryl methyl sites for hydroxylation is 1. The number of anilines is 1. The van der Waals surface area contributed by atoms with Gasteiger partial charge >= 0.3 is 12.0 Å². The van der Waals surface area contributed by atoms with Gasteiger partial charge in [0.05, 0.1) is 12.1 Å². The summed E-state index contributed by atoms with van der Waals surface area (Å²) < 4.78 is 10.6. The number of rotatable bonds is 5. The van der Waals surface area contributed by atoms with Crippen molar-refractivity contribution in [2.45, 2.75) is 45.3 Å². The molecule has 0 bridgehead atoms. The van der Waals surface area contributed by atoms with Gasteiger partial charge in [0, 0.05) is 12.6 Å². The van der Waals surface area contributed by atoms with Gasteiger partial charge in [0.2, 0.25) is 11.8 Å². The highest BCUT2D eigenvalue weighted by molar-refractivity contribution is 5.92. The molecule has 2 N–H and O–H groups in total. The van der Waals surface area contributed by atoms with Crippen LogP contribution in [0.15, 0.2) is 28.7 Å². The third-order valence-electron chi connectivity index (χ3n) is 3.92. The average molecular weight is 344 g/mol. The number of carbonyl (C=O) groups is 2. The van der Waals surface area contributed by atoms with Crippen LogP contribution in [-0.4, -0.2) is 28.3 Å². The topological polar surface area (TPSA) is 106 Å². The molecule has 3 rings (SSSR count). The second-order valence-corrected chi connectivity index (χ2v) is 5.91. The molecule has 132 valence electrons. The van der Waals surface area contributed by atoms with Crippen molar-refractivity contribution >= 4 is 17.7 Å². The lowest BCUT2D eigenvalue weighted by molar-refractivity contribution is 0.0318. The van der Waals surface area contributed by atoms with E-state index >= 15 is 0 Å². The van der Waals surface area contributed by atoms with Gasteiger partial charge in [0.15, 0.2) is 0 Å².